The summed E-state index contributed by atoms with van der Waals surface area (Å²) in [5.74, 6) is 1.49. The molecule has 4 rings (SSSR count). The molecule has 0 N–H and O–H groups in total. The minimum atomic E-state index is -0.526. The summed E-state index contributed by atoms with van der Waals surface area (Å²) in [6.07, 6.45) is 0.775. The summed E-state index contributed by atoms with van der Waals surface area (Å²) in [4.78, 5) is 30.1. The van der Waals surface area contributed by atoms with Crippen LogP contribution in [0.2, 0.25) is 5.02 Å². The molecule has 2 aromatic heterocycles. The number of nitrogens with zero attached hydrogens (tertiary/aromatic N) is 2. The number of ether oxygens (including phenoxy) is 1. The number of rotatable bonds is 5. The SMILES string of the molecule is COC(=O)c1ccc(CSc2nc3c(c(=O)n2-c2ccc(Cl)cc2)SCC3)o1. The Hall–Kier alpha value is -2.16. The van der Waals surface area contributed by atoms with E-state index in [-0.39, 0.29) is 11.3 Å². The van der Waals surface area contributed by atoms with Crippen molar-refractivity contribution in [2.75, 3.05) is 12.9 Å². The molecule has 0 unspecified atom stereocenters. The number of carbonyl (C=O) groups excluding carboxylic acids is 1. The number of hydrogen-bond donors (Lipinski definition) is 0. The van der Waals surface area contributed by atoms with Gasteiger partial charge >= 0.3 is 5.97 Å². The molecule has 0 aliphatic carbocycles. The Kier molecular flexibility index (Phi) is 5.52. The first-order valence-corrected chi connectivity index (χ1v) is 10.8. The predicted octanol–water partition coefficient (Wildman–Crippen LogP) is 4.21. The molecule has 0 atom stereocenters. The van der Waals surface area contributed by atoms with E-state index in [2.05, 4.69) is 4.74 Å². The number of methoxy groups -OCH3 is 1. The molecule has 1 aliphatic heterocycles. The largest absolute Gasteiger partial charge is 0.463 e. The summed E-state index contributed by atoms with van der Waals surface area (Å²) < 4.78 is 11.8. The lowest BCUT2D eigenvalue weighted by Crippen LogP contribution is -2.23. The average molecular weight is 435 g/mol. The van der Waals surface area contributed by atoms with Crippen LogP contribution in [0.5, 0.6) is 0 Å². The predicted molar refractivity (Wildman–Crippen MR) is 109 cm³/mol. The molecule has 0 bridgehead atoms. The maximum atomic E-state index is 13.1. The van der Waals surface area contributed by atoms with Crippen molar-refractivity contribution in [2.45, 2.75) is 22.2 Å². The number of hydrogen-bond acceptors (Lipinski definition) is 7. The molecule has 0 spiro atoms. The lowest BCUT2D eigenvalue weighted by molar-refractivity contribution is 0.0563. The topological polar surface area (TPSA) is 74.3 Å². The average Bonchev–Trinajstić information content (AvgIpc) is 3.36. The molecule has 3 heterocycles. The lowest BCUT2D eigenvalue weighted by atomic mass is 10.3. The van der Waals surface area contributed by atoms with Crippen molar-refractivity contribution in [3.63, 3.8) is 0 Å². The maximum Gasteiger partial charge on any atom is 0.373 e. The van der Waals surface area contributed by atoms with Crippen LogP contribution < -0.4 is 5.56 Å². The fourth-order valence-corrected chi connectivity index (χ4v) is 4.88. The van der Waals surface area contributed by atoms with E-state index in [0.717, 1.165) is 17.9 Å². The summed E-state index contributed by atoms with van der Waals surface area (Å²) in [7, 11) is 1.30. The van der Waals surface area contributed by atoms with Crippen LogP contribution >= 0.6 is 35.1 Å². The number of carbonyl (C=O) groups is 1. The summed E-state index contributed by atoms with van der Waals surface area (Å²) in [6, 6.07) is 10.4. The molecule has 0 fully saturated rings. The van der Waals surface area contributed by atoms with Crippen molar-refractivity contribution >= 4 is 41.1 Å². The molecule has 144 valence electrons. The summed E-state index contributed by atoms with van der Waals surface area (Å²) in [5, 5.41) is 1.17. The Morgan fingerprint density at radius 2 is 2.11 bits per heavy atom. The number of aromatic nitrogens is 2. The summed E-state index contributed by atoms with van der Waals surface area (Å²) >= 11 is 8.90. The van der Waals surface area contributed by atoms with Crippen LogP contribution in [0.1, 0.15) is 22.0 Å². The fraction of sp³-hybridized carbons (Fsp3) is 0.211. The van der Waals surface area contributed by atoms with E-state index in [4.69, 9.17) is 21.0 Å². The molecule has 28 heavy (non-hydrogen) atoms. The van der Waals surface area contributed by atoms with Crippen LogP contribution in [-0.2, 0) is 16.9 Å². The van der Waals surface area contributed by atoms with Crippen molar-refractivity contribution in [2.24, 2.45) is 0 Å². The van der Waals surface area contributed by atoms with E-state index in [1.54, 1.807) is 41.0 Å². The van der Waals surface area contributed by atoms with Crippen LogP contribution in [0.25, 0.3) is 5.69 Å². The summed E-state index contributed by atoms with van der Waals surface area (Å²) in [5.41, 5.74) is 1.46. The Morgan fingerprint density at radius 3 is 2.86 bits per heavy atom. The quantitative estimate of drug-likeness (QED) is 0.338. The number of halogens is 1. The van der Waals surface area contributed by atoms with Gasteiger partial charge in [0.15, 0.2) is 5.16 Å². The van der Waals surface area contributed by atoms with Gasteiger partial charge in [0.25, 0.3) is 5.56 Å². The van der Waals surface area contributed by atoms with Crippen molar-refractivity contribution in [1.29, 1.82) is 0 Å². The van der Waals surface area contributed by atoms with E-state index in [0.29, 0.717) is 32.3 Å². The second-order valence-electron chi connectivity index (χ2n) is 5.93. The highest BCUT2D eigenvalue weighted by Gasteiger charge is 2.23. The van der Waals surface area contributed by atoms with Gasteiger partial charge in [-0.05, 0) is 36.4 Å². The van der Waals surface area contributed by atoms with Crippen molar-refractivity contribution < 1.29 is 13.9 Å². The third kappa shape index (κ3) is 3.72. The zero-order chi connectivity index (χ0) is 19.7. The van der Waals surface area contributed by atoms with E-state index in [1.807, 2.05) is 0 Å². The monoisotopic (exact) mass is 434 g/mol. The number of benzene rings is 1. The molecule has 1 aromatic carbocycles. The smallest absolute Gasteiger partial charge is 0.373 e. The standard InChI is InChI=1S/C19H15ClN2O4S2/c1-25-18(24)15-7-6-13(26-15)10-28-19-21-14-8-9-27-16(14)17(23)22(19)12-4-2-11(20)3-5-12/h2-7H,8-10H2,1H3. The number of furan rings is 1. The number of fused-ring (bicyclic) bond motifs is 1. The van der Waals surface area contributed by atoms with Gasteiger partial charge in [-0.3, -0.25) is 9.36 Å². The van der Waals surface area contributed by atoms with Crippen molar-refractivity contribution in [3.8, 4) is 5.69 Å². The maximum absolute atomic E-state index is 13.1. The highest BCUT2D eigenvalue weighted by Crippen LogP contribution is 2.31. The third-order valence-corrected chi connectivity index (χ3v) is 6.46. The molecule has 0 radical (unpaired) electrons. The van der Waals surface area contributed by atoms with Gasteiger partial charge in [-0.15, -0.1) is 11.8 Å². The van der Waals surface area contributed by atoms with E-state index in [9.17, 15) is 9.59 Å². The van der Waals surface area contributed by atoms with E-state index < -0.39 is 5.97 Å². The number of esters is 1. The van der Waals surface area contributed by atoms with Gasteiger partial charge in [-0.25, -0.2) is 9.78 Å². The van der Waals surface area contributed by atoms with E-state index in [1.165, 1.54) is 30.6 Å². The number of thioether (sulfide) groups is 2. The number of aryl methyl sites for hydroxylation is 1. The molecule has 3 aromatic rings. The first-order chi connectivity index (χ1) is 13.6. The summed E-state index contributed by atoms with van der Waals surface area (Å²) in [6.45, 7) is 0. The second kappa shape index (κ2) is 8.06. The second-order valence-corrected chi connectivity index (χ2v) is 8.42. The van der Waals surface area contributed by atoms with Crippen molar-refractivity contribution in [3.05, 3.63) is 69.0 Å². The van der Waals surface area contributed by atoms with Crippen LogP contribution in [0.4, 0.5) is 0 Å². The Labute approximate surface area is 174 Å². The Bertz CT molecular complexity index is 1090. The van der Waals surface area contributed by atoms with Gasteiger partial charge in [-0.1, -0.05) is 23.4 Å². The fourth-order valence-electron chi connectivity index (χ4n) is 2.81. The van der Waals surface area contributed by atoms with Crippen LogP contribution in [0, 0.1) is 0 Å². The van der Waals surface area contributed by atoms with Gasteiger partial charge in [0.1, 0.15) is 5.76 Å². The normalized spacial score (nSPS) is 12.8. The minimum absolute atomic E-state index is 0.0768. The zero-order valence-electron chi connectivity index (χ0n) is 14.8. The van der Waals surface area contributed by atoms with Gasteiger partial charge in [0.2, 0.25) is 5.76 Å². The van der Waals surface area contributed by atoms with E-state index >= 15 is 0 Å². The zero-order valence-corrected chi connectivity index (χ0v) is 17.2. The third-order valence-electron chi connectivity index (χ3n) is 4.14. The molecule has 6 nitrogen and oxygen atoms in total. The molecule has 1 aliphatic rings. The highest BCUT2D eigenvalue weighted by molar-refractivity contribution is 7.99. The molecule has 9 heteroatoms. The Morgan fingerprint density at radius 1 is 1.32 bits per heavy atom. The molecule has 0 saturated heterocycles. The molecular weight excluding hydrogens is 420 g/mol. The first-order valence-electron chi connectivity index (χ1n) is 8.41. The van der Waals surface area contributed by atoms with Gasteiger partial charge in [0.05, 0.1) is 29.1 Å². The van der Waals surface area contributed by atoms with Gasteiger partial charge < -0.3 is 9.15 Å². The molecular formula is C19H15ClN2O4S2. The van der Waals surface area contributed by atoms with Gasteiger partial charge in [0, 0.05) is 17.2 Å². The van der Waals surface area contributed by atoms with Crippen LogP contribution in [0.15, 0.2) is 55.7 Å². The van der Waals surface area contributed by atoms with Crippen LogP contribution in [0.3, 0.4) is 0 Å². The molecule has 0 amide bonds. The minimum Gasteiger partial charge on any atom is -0.463 e. The van der Waals surface area contributed by atoms with Crippen molar-refractivity contribution in [1.82, 2.24) is 9.55 Å². The Balaban J connectivity index is 1.69. The first kappa shape index (κ1) is 19.2. The van der Waals surface area contributed by atoms with Gasteiger partial charge in [-0.2, -0.15) is 0 Å². The lowest BCUT2D eigenvalue weighted by Gasteiger charge is -2.13. The van der Waals surface area contributed by atoms with Crippen LogP contribution in [-0.4, -0.2) is 28.4 Å². The molecule has 0 saturated carbocycles. The highest BCUT2D eigenvalue weighted by atomic mass is 35.5.